The number of ether oxygens (including phenoxy) is 2. The molecule has 102 valence electrons. The van der Waals surface area contributed by atoms with Crippen molar-refractivity contribution in [3.8, 4) is 11.8 Å². The molecular formula is C11H8F3NO3S. The smallest absolute Gasteiger partial charge is 0.462 e. The highest BCUT2D eigenvalue weighted by molar-refractivity contribution is 7.80. The van der Waals surface area contributed by atoms with E-state index in [0.717, 1.165) is 6.07 Å². The van der Waals surface area contributed by atoms with Gasteiger partial charge in [0.1, 0.15) is 11.6 Å². The van der Waals surface area contributed by atoms with E-state index in [4.69, 9.17) is 5.26 Å². The van der Waals surface area contributed by atoms with Gasteiger partial charge in [-0.25, -0.2) is 4.79 Å². The SMILES string of the molecule is CCOC(=O)c1c(S)ccc(C#N)c1OC(F)(F)F. The number of esters is 1. The molecule has 19 heavy (non-hydrogen) atoms. The fourth-order valence-electron chi connectivity index (χ4n) is 1.28. The second kappa shape index (κ2) is 5.84. The Morgan fingerprint density at radius 1 is 1.47 bits per heavy atom. The third-order valence-electron chi connectivity index (χ3n) is 1.95. The van der Waals surface area contributed by atoms with Crippen molar-refractivity contribution in [3.05, 3.63) is 23.3 Å². The number of carbonyl (C=O) groups is 1. The number of thiol groups is 1. The van der Waals surface area contributed by atoms with Crippen LogP contribution in [0.2, 0.25) is 0 Å². The second-order valence-corrected chi connectivity index (χ2v) is 3.70. The van der Waals surface area contributed by atoms with Crippen LogP contribution >= 0.6 is 12.6 Å². The van der Waals surface area contributed by atoms with Crippen molar-refractivity contribution in [1.82, 2.24) is 0 Å². The fraction of sp³-hybridized carbons (Fsp3) is 0.273. The van der Waals surface area contributed by atoms with E-state index >= 15 is 0 Å². The number of benzene rings is 1. The highest BCUT2D eigenvalue weighted by Crippen LogP contribution is 2.34. The first-order valence-corrected chi connectivity index (χ1v) is 5.43. The lowest BCUT2D eigenvalue weighted by Gasteiger charge is -2.15. The summed E-state index contributed by atoms with van der Waals surface area (Å²) in [5.74, 6) is -1.94. The molecule has 8 heteroatoms. The Labute approximate surface area is 112 Å². The van der Waals surface area contributed by atoms with Crippen LogP contribution in [0, 0.1) is 11.3 Å². The molecule has 0 N–H and O–H groups in total. The maximum atomic E-state index is 12.3. The number of rotatable bonds is 3. The summed E-state index contributed by atoms with van der Waals surface area (Å²) < 4.78 is 45.3. The normalized spacial score (nSPS) is 10.7. The first kappa shape index (κ1) is 15.2. The minimum atomic E-state index is -5.03. The van der Waals surface area contributed by atoms with Crippen molar-refractivity contribution in [2.24, 2.45) is 0 Å². The van der Waals surface area contributed by atoms with Crippen molar-refractivity contribution in [1.29, 1.82) is 5.26 Å². The molecule has 0 saturated heterocycles. The van der Waals surface area contributed by atoms with Gasteiger partial charge in [-0.3, -0.25) is 0 Å². The Hall–Kier alpha value is -1.88. The summed E-state index contributed by atoms with van der Waals surface area (Å²) in [6, 6.07) is 3.81. The molecule has 1 aromatic carbocycles. The van der Waals surface area contributed by atoms with Crippen molar-refractivity contribution in [3.63, 3.8) is 0 Å². The van der Waals surface area contributed by atoms with Gasteiger partial charge in [0.05, 0.1) is 12.2 Å². The Morgan fingerprint density at radius 3 is 2.58 bits per heavy atom. The van der Waals surface area contributed by atoms with Crippen LogP contribution in [0.5, 0.6) is 5.75 Å². The van der Waals surface area contributed by atoms with Gasteiger partial charge in [-0.15, -0.1) is 25.8 Å². The van der Waals surface area contributed by atoms with Crippen LogP contribution in [0.25, 0.3) is 0 Å². The van der Waals surface area contributed by atoms with Crippen molar-refractivity contribution < 1.29 is 27.4 Å². The first-order chi connectivity index (χ1) is 8.80. The number of hydrogen-bond donors (Lipinski definition) is 1. The lowest BCUT2D eigenvalue weighted by molar-refractivity contribution is -0.274. The first-order valence-electron chi connectivity index (χ1n) is 4.99. The summed E-state index contributed by atoms with van der Waals surface area (Å²) >= 11 is 3.88. The van der Waals surface area contributed by atoms with Gasteiger partial charge in [-0.1, -0.05) is 0 Å². The highest BCUT2D eigenvalue weighted by atomic mass is 32.1. The van der Waals surface area contributed by atoms with Crippen LogP contribution in [0.1, 0.15) is 22.8 Å². The van der Waals surface area contributed by atoms with Crippen LogP contribution in [-0.4, -0.2) is 18.9 Å². The van der Waals surface area contributed by atoms with Crippen molar-refractivity contribution >= 4 is 18.6 Å². The lowest BCUT2D eigenvalue weighted by atomic mass is 10.1. The molecule has 0 spiro atoms. The molecular weight excluding hydrogens is 283 g/mol. The Balaban J connectivity index is 3.42. The van der Waals surface area contributed by atoms with E-state index in [1.165, 1.54) is 19.1 Å². The Kier molecular flexibility index (Phi) is 4.67. The van der Waals surface area contributed by atoms with Gasteiger partial charge >= 0.3 is 12.3 Å². The third-order valence-corrected chi connectivity index (χ3v) is 2.33. The monoisotopic (exact) mass is 291 g/mol. The van der Waals surface area contributed by atoms with E-state index in [-0.39, 0.29) is 11.5 Å². The van der Waals surface area contributed by atoms with E-state index in [1.54, 1.807) is 0 Å². The molecule has 0 atom stereocenters. The summed E-state index contributed by atoms with van der Waals surface area (Å²) in [4.78, 5) is 11.5. The molecule has 0 bridgehead atoms. The molecule has 0 unspecified atom stereocenters. The average Bonchev–Trinajstić information content (AvgIpc) is 2.27. The maximum Gasteiger partial charge on any atom is 0.573 e. The van der Waals surface area contributed by atoms with E-state index in [0.29, 0.717) is 0 Å². The molecule has 0 aliphatic heterocycles. The molecule has 0 aliphatic rings. The number of carbonyl (C=O) groups excluding carboxylic acids is 1. The van der Waals surface area contributed by atoms with E-state index in [1.807, 2.05) is 0 Å². The number of alkyl halides is 3. The molecule has 0 fully saturated rings. The van der Waals surface area contributed by atoms with Crippen LogP contribution in [0.4, 0.5) is 13.2 Å². The number of nitrogens with zero attached hydrogens (tertiary/aromatic N) is 1. The third kappa shape index (κ3) is 3.79. The Bertz CT molecular complexity index is 537. The van der Waals surface area contributed by atoms with Gasteiger partial charge in [0, 0.05) is 4.90 Å². The summed E-state index contributed by atoms with van der Waals surface area (Å²) in [7, 11) is 0. The van der Waals surface area contributed by atoms with Crippen molar-refractivity contribution in [2.45, 2.75) is 18.2 Å². The summed E-state index contributed by atoms with van der Waals surface area (Å²) in [6.07, 6.45) is -5.03. The minimum absolute atomic E-state index is 0.0334. The zero-order valence-electron chi connectivity index (χ0n) is 9.61. The summed E-state index contributed by atoms with van der Waals surface area (Å²) in [5.41, 5.74) is -0.959. The summed E-state index contributed by atoms with van der Waals surface area (Å²) in [6.45, 7) is 1.46. The van der Waals surface area contributed by atoms with Crippen LogP contribution in [0.3, 0.4) is 0 Å². The molecule has 4 nitrogen and oxygen atoms in total. The van der Waals surface area contributed by atoms with Gasteiger partial charge in [-0.2, -0.15) is 5.26 Å². The zero-order valence-corrected chi connectivity index (χ0v) is 10.5. The van der Waals surface area contributed by atoms with Gasteiger partial charge in [0.25, 0.3) is 0 Å². The molecule has 0 radical (unpaired) electrons. The molecule has 0 saturated carbocycles. The number of nitriles is 1. The summed E-state index contributed by atoms with van der Waals surface area (Å²) in [5, 5.41) is 8.77. The average molecular weight is 291 g/mol. The number of halogens is 3. The quantitative estimate of drug-likeness (QED) is 0.687. The largest absolute Gasteiger partial charge is 0.573 e. The molecule has 0 amide bonds. The van der Waals surface area contributed by atoms with E-state index in [9.17, 15) is 18.0 Å². The molecule has 0 aliphatic carbocycles. The predicted octanol–water partition coefficient (Wildman–Crippen LogP) is 2.92. The molecule has 1 aromatic rings. The molecule has 0 aromatic heterocycles. The van der Waals surface area contributed by atoms with Crippen LogP contribution in [-0.2, 0) is 4.74 Å². The van der Waals surface area contributed by atoms with Gasteiger partial charge in [0.15, 0.2) is 5.75 Å². The fourth-order valence-corrected chi connectivity index (χ4v) is 1.55. The van der Waals surface area contributed by atoms with Crippen LogP contribution < -0.4 is 4.74 Å². The van der Waals surface area contributed by atoms with Gasteiger partial charge < -0.3 is 9.47 Å². The topological polar surface area (TPSA) is 59.3 Å². The van der Waals surface area contributed by atoms with Gasteiger partial charge in [0.2, 0.25) is 0 Å². The number of hydrogen-bond acceptors (Lipinski definition) is 5. The second-order valence-electron chi connectivity index (χ2n) is 3.22. The molecule has 1 rings (SSSR count). The zero-order chi connectivity index (χ0) is 14.6. The standard InChI is InChI=1S/C11H8F3NO3S/c1-2-17-10(16)8-7(19)4-3-6(5-15)9(8)18-11(12,13)14/h3-4,19H,2H2,1H3. The molecule has 0 heterocycles. The van der Waals surface area contributed by atoms with Gasteiger partial charge in [-0.05, 0) is 19.1 Å². The highest BCUT2D eigenvalue weighted by Gasteiger charge is 2.35. The van der Waals surface area contributed by atoms with Crippen molar-refractivity contribution in [2.75, 3.05) is 6.61 Å². The lowest BCUT2D eigenvalue weighted by Crippen LogP contribution is -2.21. The minimum Gasteiger partial charge on any atom is -0.462 e. The Morgan fingerprint density at radius 2 is 2.11 bits per heavy atom. The predicted molar refractivity (Wildman–Crippen MR) is 61.0 cm³/mol. The van der Waals surface area contributed by atoms with Crippen LogP contribution in [0.15, 0.2) is 17.0 Å². The maximum absolute atomic E-state index is 12.3. The van der Waals surface area contributed by atoms with E-state index in [2.05, 4.69) is 22.1 Å². The van der Waals surface area contributed by atoms with E-state index < -0.39 is 29.2 Å².